The smallest absolute Gasteiger partial charge is 0.327 e. The summed E-state index contributed by atoms with van der Waals surface area (Å²) < 4.78 is 18.2. The number of fused-ring (bicyclic) bond motifs is 1. The lowest BCUT2D eigenvalue weighted by molar-refractivity contribution is -0.128. The van der Waals surface area contributed by atoms with E-state index in [1.165, 1.54) is 11.2 Å². The summed E-state index contributed by atoms with van der Waals surface area (Å²) in [5.41, 5.74) is 0. The lowest BCUT2D eigenvalue weighted by Gasteiger charge is -2.14. The molecule has 3 rings (SSSR count). The zero-order valence-electron chi connectivity index (χ0n) is 9.01. The number of urea groups is 1. The SMILES string of the molecule is O=C1[C@@H]2C[C@H](F)CN2C(=O)N1Cc1ccco1. The molecule has 1 aromatic rings. The van der Waals surface area contributed by atoms with Gasteiger partial charge >= 0.3 is 6.03 Å². The van der Waals surface area contributed by atoms with Gasteiger partial charge in [-0.2, -0.15) is 0 Å². The van der Waals surface area contributed by atoms with Crippen LogP contribution in [0.5, 0.6) is 0 Å². The van der Waals surface area contributed by atoms with Gasteiger partial charge in [0.05, 0.1) is 19.4 Å². The second kappa shape index (κ2) is 3.58. The fourth-order valence-electron chi connectivity index (χ4n) is 2.36. The van der Waals surface area contributed by atoms with Crippen molar-refractivity contribution in [2.45, 2.75) is 25.2 Å². The molecule has 2 fully saturated rings. The number of imide groups is 1. The van der Waals surface area contributed by atoms with Gasteiger partial charge in [0.1, 0.15) is 18.0 Å². The number of furan rings is 1. The Labute approximate surface area is 96.8 Å². The first-order chi connectivity index (χ1) is 8.16. The van der Waals surface area contributed by atoms with Crippen LogP contribution in [0.2, 0.25) is 0 Å². The molecule has 2 saturated heterocycles. The Bertz CT molecular complexity index is 435. The lowest BCUT2D eigenvalue weighted by Crippen LogP contribution is -2.33. The van der Waals surface area contributed by atoms with E-state index in [9.17, 15) is 14.0 Å². The van der Waals surface area contributed by atoms with Crippen LogP contribution in [-0.2, 0) is 11.3 Å². The third-order valence-corrected chi connectivity index (χ3v) is 3.17. The van der Waals surface area contributed by atoms with Gasteiger partial charge in [0.15, 0.2) is 0 Å². The fraction of sp³-hybridized carbons (Fsp3) is 0.455. The highest BCUT2D eigenvalue weighted by atomic mass is 19.1. The molecule has 0 radical (unpaired) electrons. The molecule has 3 amide bonds. The molecule has 0 unspecified atom stereocenters. The molecular formula is C11H11FN2O3. The first-order valence-electron chi connectivity index (χ1n) is 5.45. The molecular weight excluding hydrogens is 227 g/mol. The summed E-state index contributed by atoms with van der Waals surface area (Å²) in [4.78, 5) is 26.2. The molecule has 2 aliphatic heterocycles. The predicted octanol–water partition coefficient (Wildman–Crippen LogP) is 1.15. The van der Waals surface area contributed by atoms with Crippen molar-refractivity contribution in [3.8, 4) is 0 Å². The number of rotatable bonds is 2. The summed E-state index contributed by atoms with van der Waals surface area (Å²) in [7, 11) is 0. The average Bonchev–Trinajstić information content (AvgIpc) is 2.96. The number of alkyl halides is 1. The van der Waals surface area contributed by atoms with Gasteiger partial charge in [0.25, 0.3) is 5.91 Å². The molecule has 0 aliphatic carbocycles. The van der Waals surface area contributed by atoms with E-state index in [1.54, 1.807) is 12.1 Å². The van der Waals surface area contributed by atoms with Crippen LogP contribution in [-0.4, -0.2) is 40.5 Å². The highest BCUT2D eigenvalue weighted by Crippen LogP contribution is 2.30. The maximum Gasteiger partial charge on any atom is 0.327 e. The van der Waals surface area contributed by atoms with Gasteiger partial charge in [-0.3, -0.25) is 9.69 Å². The Hall–Kier alpha value is -1.85. The average molecular weight is 238 g/mol. The highest BCUT2D eigenvalue weighted by Gasteiger charge is 2.50. The summed E-state index contributed by atoms with van der Waals surface area (Å²) in [6, 6.07) is 2.35. The molecule has 17 heavy (non-hydrogen) atoms. The van der Waals surface area contributed by atoms with Gasteiger partial charge in [0, 0.05) is 6.42 Å². The summed E-state index contributed by atoms with van der Waals surface area (Å²) in [6.07, 6.45) is 0.511. The molecule has 2 aliphatic rings. The third-order valence-electron chi connectivity index (χ3n) is 3.17. The normalized spacial score (nSPS) is 28.1. The number of nitrogens with zero attached hydrogens (tertiary/aromatic N) is 2. The first kappa shape index (κ1) is 10.3. The molecule has 5 nitrogen and oxygen atoms in total. The van der Waals surface area contributed by atoms with E-state index in [4.69, 9.17) is 4.42 Å². The van der Waals surface area contributed by atoms with E-state index < -0.39 is 18.2 Å². The van der Waals surface area contributed by atoms with Gasteiger partial charge in [-0.05, 0) is 12.1 Å². The number of halogens is 1. The van der Waals surface area contributed by atoms with Crippen molar-refractivity contribution >= 4 is 11.9 Å². The Balaban J connectivity index is 1.80. The van der Waals surface area contributed by atoms with Crippen LogP contribution in [0.25, 0.3) is 0 Å². The van der Waals surface area contributed by atoms with E-state index in [0.29, 0.717) is 5.76 Å². The molecule has 90 valence electrons. The minimum absolute atomic E-state index is 0.0178. The van der Waals surface area contributed by atoms with Crippen molar-refractivity contribution in [1.29, 1.82) is 0 Å². The van der Waals surface area contributed by atoms with Gasteiger partial charge in [-0.25, -0.2) is 9.18 Å². The van der Waals surface area contributed by atoms with Crippen molar-refractivity contribution in [2.24, 2.45) is 0 Å². The molecule has 1 aromatic heterocycles. The number of amides is 3. The minimum Gasteiger partial charge on any atom is -0.467 e. The molecule has 3 heterocycles. The number of carbonyl (C=O) groups is 2. The quantitative estimate of drug-likeness (QED) is 0.726. The van der Waals surface area contributed by atoms with Crippen molar-refractivity contribution in [1.82, 2.24) is 9.80 Å². The van der Waals surface area contributed by atoms with Crippen LogP contribution in [0.4, 0.5) is 9.18 Å². The Morgan fingerprint density at radius 1 is 1.47 bits per heavy atom. The monoisotopic (exact) mass is 238 g/mol. The van der Waals surface area contributed by atoms with Crippen LogP contribution in [0.1, 0.15) is 12.2 Å². The number of carbonyl (C=O) groups excluding carboxylic acids is 2. The van der Waals surface area contributed by atoms with Crippen LogP contribution in [0.15, 0.2) is 22.8 Å². The molecule has 2 atom stereocenters. The van der Waals surface area contributed by atoms with Crippen LogP contribution in [0, 0.1) is 0 Å². The fourth-order valence-corrected chi connectivity index (χ4v) is 2.36. The second-order valence-electron chi connectivity index (χ2n) is 4.29. The number of hydrogen-bond acceptors (Lipinski definition) is 3. The van der Waals surface area contributed by atoms with Gasteiger partial charge in [-0.15, -0.1) is 0 Å². The second-order valence-corrected chi connectivity index (χ2v) is 4.29. The topological polar surface area (TPSA) is 53.8 Å². The van der Waals surface area contributed by atoms with Crippen molar-refractivity contribution < 1.29 is 18.4 Å². The Morgan fingerprint density at radius 3 is 2.94 bits per heavy atom. The molecule has 6 heteroatoms. The maximum atomic E-state index is 13.1. The summed E-state index contributed by atoms with van der Waals surface area (Å²) in [5, 5.41) is 0. The standard InChI is InChI=1S/C11H11FN2O3/c12-7-4-9-10(15)14(11(16)13(9)5-7)6-8-2-1-3-17-8/h1-3,7,9H,4-6H2/t7-,9-/m0/s1. The number of hydrogen-bond donors (Lipinski definition) is 0. The summed E-state index contributed by atoms with van der Waals surface area (Å²) >= 11 is 0. The van der Waals surface area contributed by atoms with Crippen LogP contribution in [0.3, 0.4) is 0 Å². The van der Waals surface area contributed by atoms with Gasteiger partial charge in [-0.1, -0.05) is 0 Å². The predicted molar refractivity (Wildman–Crippen MR) is 54.7 cm³/mol. The first-order valence-corrected chi connectivity index (χ1v) is 5.45. The molecule has 0 bridgehead atoms. The lowest BCUT2D eigenvalue weighted by atomic mass is 10.2. The molecule has 0 saturated carbocycles. The minimum atomic E-state index is -1.08. The van der Waals surface area contributed by atoms with Crippen molar-refractivity contribution in [3.63, 3.8) is 0 Å². The zero-order chi connectivity index (χ0) is 12.0. The van der Waals surface area contributed by atoms with Crippen molar-refractivity contribution in [2.75, 3.05) is 6.54 Å². The third kappa shape index (κ3) is 1.51. The van der Waals surface area contributed by atoms with E-state index >= 15 is 0 Å². The van der Waals surface area contributed by atoms with E-state index in [1.807, 2.05) is 0 Å². The summed E-state index contributed by atoms with van der Waals surface area (Å²) in [5.74, 6) is 0.219. The van der Waals surface area contributed by atoms with Gasteiger partial charge in [0.2, 0.25) is 0 Å². The zero-order valence-corrected chi connectivity index (χ0v) is 9.01. The molecule has 0 N–H and O–H groups in total. The Kier molecular flexibility index (Phi) is 2.17. The molecule has 0 spiro atoms. The van der Waals surface area contributed by atoms with E-state index in [0.717, 1.165) is 4.90 Å². The van der Waals surface area contributed by atoms with E-state index in [-0.39, 0.29) is 25.4 Å². The largest absolute Gasteiger partial charge is 0.467 e. The van der Waals surface area contributed by atoms with Gasteiger partial charge < -0.3 is 9.32 Å². The van der Waals surface area contributed by atoms with E-state index in [2.05, 4.69) is 0 Å². The molecule has 0 aromatic carbocycles. The Morgan fingerprint density at radius 2 is 2.29 bits per heavy atom. The summed E-state index contributed by atoms with van der Waals surface area (Å²) in [6.45, 7) is 0.137. The van der Waals surface area contributed by atoms with Crippen LogP contribution >= 0.6 is 0 Å². The van der Waals surface area contributed by atoms with Crippen LogP contribution < -0.4 is 0 Å². The highest BCUT2D eigenvalue weighted by molar-refractivity contribution is 6.04. The maximum absolute atomic E-state index is 13.1. The van der Waals surface area contributed by atoms with Crippen molar-refractivity contribution in [3.05, 3.63) is 24.2 Å².